The van der Waals surface area contributed by atoms with Crippen molar-refractivity contribution in [3.63, 3.8) is 0 Å². The van der Waals surface area contributed by atoms with Gasteiger partial charge in [-0.2, -0.15) is 0 Å². The van der Waals surface area contributed by atoms with Crippen molar-refractivity contribution in [1.82, 2.24) is 10.3 Å². The minimum Gasteiger partial charge on any atom is -0.361 e. The van der Waals surface area contributed by atoms with Crippen LogP contribution in [0, 0.1) is 0 Å². The van der Waals surface area contributed by atoms with Crippen molar-refractivity contribution in [2.45, 2.75) is 19.3 Å². The highest BCUT2D eigenvalue weighted by atomic mass is 16.1. The van der Waals surface area contributed by atoms with E-state index in [1.165, 1.54) is 0 Å². The molecule has 0 aliphatic carbocycles. The van der Waals surface area contributed by atoms with E-state index in [1.54, 1.807) is 0 Å². The van der Waals surface area contributed by atoms with Gasteiger partial charge in [-0.15, -0.1) is 0 Å². The topological polar surface area (TPSA) is 70.9 Å². The van der Waals surface area contributed by atoms with Crippen LogP contribution in [0.5, 0.6) is 0 Å². The molecule has 0 spiro atoms. The molecule has 4 heteroatoms. The van der Waals surface area contributed by atoms with Crippen LogP contribution in [0.2, 0.25) is 0 Å². The molecule has 0 saturated carbocycles. The second-order valence-electron chi connectivity index (χ2n) is 4.38. The highest BCUT2D eigenvalue weighted by Gasteiger charge is 2.07. The molecule has 0 saturated heterocycles. The average Bonchev–Trinajstić information content (AvgIpc) is 2.78. The van der Waals surface area contributed by atoms with Gasteiger partial charge < -0.3 is 16.0 Å². The third kappa shape index (κ3) is 3.11. The van der Waals surface area contributed by atoms with Crippen molar-refractivity contribution >= 4 is 16.8 Å². The number of aromatic amines is 1. The molecule has 96 valence electrons. The predicted molar refractivity (Wildman–Crippen MR) is 73.3 cm³/mol. The fraction of sp³-hybridized carbons (Fsp3) is 0.357. The molecule has 0 aliphatic rings. The smallest absolute Gasteiger partial charge is 0.224 e. The number of benzene rings is 1. The van der Waals surface area contributed by atoms with E-state index in [0.717, 1.165) is 29.3 Å². The zero-order valence-corrected chi connectivity index (χ0v) is 10.4. The lowest BCUT2D eigenvalue weighted by atomic mass is 10.1. The number of nitrogens with two attached hydrogens (primary N) is 1. The number of aromatic nitrogens is 1. The number of unbranched alkanes of at least 4 members (excludes halogenated alkanes) is 1. The third-order valence-corrected chi connectivity index (χ3v) is 2.98. The molecule has 0 radical (unpaired) electrons. The lowest BCUT2D eigenvalue weighted by Gasteiger charge is -2.03. The number of H-pyrrole nitrogens is 1. The molecule has 4 N–H and O–H groups in total. The summed E-state index contributed by atoms with van der Waals surface area (Å²) in [6.45, 7) is 1.39. The van der Waals surface area contributed by atoms with E-state index in [4.69, 9.17) is 5.73 Å². The van der Waals surface area contributed by atoms with Crippen LogP contribution in [0.1, 0.15) is 18.4 Å². The molecule has 4 nitrogen and oxygen atoms in total. The van der Waals surface area contributed by atoms with Crippen LogP contribution in [0.15, 0.2) is 30.5 Å². The van der Waals surface area contributed by atoms with E-state index in [2.05, 4.69) is 10.3 Å². The largest absolute Gasteiger partial charge is 0.361 e. The van der Waals surface area contributed by atoms with E-state index in [1.807, 2.05) is 30.5 Å². The molecule has 1 aromatic heterocycles. The summed E-state index contributed by atoms with van der Waals surface area (Å²) in [5.41, 5.74) is 7.52. The molecule has 0 atom stereocenters. The van der Waals surface area contributed by atoms with Crippen LogP contribution in [0.25, 0.3) is 10.9 Å². The van der Waals surface area contributed by atoms with Gasteiger partial charge in [0.05, 0.1) is 6.42 Å². The first-order chi connectivity index (χ1) is 8.81. The summed E-state index contributed by atoms with van der Waals surface area (Å²) in [5, 5.41) is 4.03. The van der Waals surface area contributed by atoms with Crippen LogP contribution >= 0.6 is 0 Å². The maximum Gasteiger partial charge on any atom is 0.224 e. The Morgan fingerprint density at radius 3 is 2.94 bits per heavy atom. The summed E-state index contributed by atoms with van der Waals surface area (Å²) in [5.74, 6) is 0.0665. The van der Waals surface area contributed by atoms with Crippen LogP contribution < -0.4 is 11.1 Å². The van der Waals surface area contributed by atoms with Crippen molar-refractivity contribution in [3.05, 3.63) is 36.0 Å². The Labute approximate surface area is 107 Å². The summed E-state index contributed by atoms with van der Waals surface area (Å²) in [4.78, 5) is 14.9. The number of para-hydroxylation sites is 1. The molecule has 1 amide bonds. The van der Waals surface area contributed by atoms with Crippen molar-refractivity contribution < 1.29 is 4.79 Å². The van der Waals surface area contributed by atoms with Gasteiger partial charge in [0, 0.05) is 23.6 Å². The summed E-state index contributed by atoms with van der Waals surface area (Å²) < 4.78 is 0. The van der Waals surface area contributed by atoms with Gasteiger partial charge in [-0.05, 0) is 31.0 Å². The molecule has 0 fully saturated rings. The van der Waals surface area contributed by atoms with Crippen molar-refractivity contribution in [2.75, 3.05) is 13.1 Å². The molecular weight excluding hydrogens is 226 g/mol. The predicted octanol–water partition coefficient (Wildman–Crippen LogP) is 1.57. The first kappa shape index (κ1) is 12.6. The first-order valence-electron chi connectivity index (χ1n) is 6.33. The summed E-state index contributed by atoms with van der Waals surface area (Å²) in [6.07, 6.45) is 4.22. The normalized spacial score (nSPS) is 10.7. The molecule has 0 bridgehead atoms. The van der Waals surface area contributed by atoms with Gasteiger partial charge in [-0.25, -0.2) is 0 Å². The highest BCUT2D eigenvalue weighted by molar-refractivity contribution is 5.88. The molecule has 2 rings (SSSR count). The number of carbonyl (C=O) groups is 1. The Hall–Kier alpha value is -1.81. The molecule has 2 aromatic rings. The SMILES string of the molecule is NCCCCNC(=O)Cc1c[nH]c2ccccc12. The fourth-order valence-corrected chi connectivity index (χ4v) is 2.01. The van der Waals surface area contributed by atoms with Crippen LogP contribution in [0.4, 0.5) is 0 Å². The van der Waals surface area contributed by atoms with Gasteiger partial charge in [0.2, 0.25) is 5.91 Å². The molecule has 1 heterocycles. The minimum absolute atomic E-state index is 0.0665. The zero-order valence-electron chi connectivity index (χ0n) is 10.4. The number of hydrogen-bond acceptors (Lipinski definition) is 2. The lowest BCUT2D eigenvalue weighted by Crippen LogP contribution is -2.26. The molecular formula is C14H19N3O. The second kappa shape index (κ2) is 6.21. The number of fused-ring (bicyclic) bond motifs is 1. The Morgan fingerprint density at radius 1 is 1.28 bits per heavy atom. The van der Waals surface area contributed by atoms with Gasteiger partial charge >= 0.3 is 0 Å². The van der Waals surface area contributed by atoms with E-state index < -0.39 is 0 Å². The maximum atomic E-state index is 11.8. The Morgan fingerprint density at radius 2 is 2.11 bits per heavy atom. The minimum atomic E-state index is 0.0665. The summed E-state index contributed by atoms with van der Waals surface area (Å²) >= 11 is 0. The Kier molecular flexibility index (Phi) is 4.36. The maximum absolute atomic E-state index is 11.8. The summed E-state index contributed by atoms with van der Waals surface area (Å²) in [6, 6.07) is 8.01. The number of carbonyl (C=O) groups excluding carboxylic acids is 1. The van der Waals surface area contributed by atoms with E-state index in [-0.39, 0.29) is 5.91 Å². The molecule has 18 heavy (non-hydrogen) atoms. The van der Waals surface area contributed by atoms with Crippen molar-refractivity contribution in [3.8, 4) is 0 Å². The Balaban J connectivity index is 1.91. The van der Waals surface area contributed by atoms with E-state index in [0.29, 0.717) is 19.5 Å². The number of hydrogen-bond donors (Lipinski definition) is 3. The zero-order chi connectivity index (χ0) is 12.8. The van der Waals surface area contributed by atoms with Crippen LogP contribution in [-0.2, 0) is 11.2 Å². The van der Waals surface area contributed by atoms with E-state index in [9.17, 15) is 4.79 Å². The quantitative estimate of drug-likeness (QED) is 0.676. The first-order valence-corrected chi connectivity index (χ1v) is 6.33. The molecule has 1 aromatic carbocycles. The van der Waals surface area contributed by atoms with Gasteiger partial charge in [0.25, 0.3) is 0 Å². The second-order valence-corrected chi connectivity index (χ2v) is 4.38. The highest BCUT2D eigenvalue weighted by Crippen LogP contribution is 2.17. The average molecular weight is 245 g/mol. The number of nitrogens with one attached hydrogen (secondary N) is 2. The van der Waals surface area contributed by atoms with Gasteiger partial charge in [0.15, 0.2) is 0 Å². The fourth-order valence-electron chi connectivity index (χ4n) is 2.01. The lowest BCUT2D eigenvalue weighted by molar-refractivity contribution is -0.120. The number of rotatable bonds is 6. The van der Waals surface area contributed by atoms with Gasteiger partial charge in [-0.1, -0.05) is 18.2 Å². The van der Waals surface area contributed by atoms with Crippen LogP contribution in [-0.4, -0.2) is 24.0 Å². The van der Waals surface area contributed by atoms with Crippen molar-refractivity contribution in [2.24, 2.45) is 5.73 Å². The number of amides is 1. The van der Waals surface area contributed by atoms with Crippen molar-refractivity contribution in [1.29, 1.82) is 0 Å². The van der Waals surface area contributed by atoms with Gasteiger partial charge in [-0.3, -0.25) is 4.79 Å². The standard InChI is InChI=1S/C14H19N3O/c15-7-3-4-8-16-14(18)9-11-10-17-13-6-2-1-5-12(11)13/h1-2,5-6,10,17H,3-4,7-9,15H2,(H,16,18). The molecule has 0 aliphatic heterocycles. The van der Waals surface area contributed by atoms with Crippen LogP contribution in [0.3, 0.4) is 0 Å². The Bertz CT molecular complexity index is 518. The monoisotopic (exact) mass is 245 g/mol. The van der Waals surface area contributed by atoms with E-state index >= 15 is 0 Å². The third-order valence-electron chi connectivity index (χ3n) is 2.98. The summed E-state index contributed by atoms with van der Waals surface area (Å²) in [7, 11) is 0. The van der Waals surface area contributed by atoms with Gasteiger partial charge in [0.1, 0.15) is 0 Å². The molecule has 0 unspecified atom stereocenters.